The molecule has 0 saturated carbocycles. The standard InChI is InChI=1S/C18H16N2O4S/c1-24-16-11-17-14(10-15(16)21)19-18(25-17)5-3-2-4-12-6-8-13(9-7-12)20(22)23/h2-11,15-16,21H,1H3/b4-2+,5-3+. The second-order valence-corrected chi connectivity index (χ2v) is 6.45. The fourth-order valence-corrected chi connectivity index (χ4v) is 3.33. The van der Waals surface area contributed by atoms with Gasteiger partial charge in [0.25, 0.3) is 5.69 Å². The lowest BCUT2D eigenvalue weighted by Gasteiger charge is -2.16. The lowest BCUT2D eigenvalue weighted by atomic mass is 10.1. The van der Waals surface area contributed by atoms with E-state index in [-0.39, 0.29) is 11.8 Å². The van der Waals surface area contributed by atoms with E-state index in [0.29, 0.717) is 0 Å². The number of aliphatic hydroxyl groups excluding tert-OH is 1. The highest BCUT2D eigenvalue weighted by Gasteiger charge is 2.18. The first-order chi connectivity index (χ1) is 12.1. The van der Waals surface area contributed by atoms with Crippen molar-refractivity contribution in [1.82, 2.24) is 4.98 Å². The highest BCUT2D eigenvalue weighted by molar-refractivity contribution is 7.10. The van der Waals surface area contributed by atoms with E-state index in [2.05, 4.69) is 4.98 Å². The molecule has 2 atom stereocenters. The Morgan fingerprint density at radius 3 is 2.64 bits per heavy atom. The van der Waals surface area contributed by atoms with Gasteiger partial charge in [-0.2, -0.15) is 0 Å². The fraction of sp³-hybridized carbons (Fsp3) is 0.167. The number of non-ortho nitro benzene ring substituents is 1. The molecule has 128 valence electrons. The summed E-state index contributed by atoms with van der Waals surface area (Å²) in [6.07, 6.45) is 9.99. The van der Waals surface area contributed by atoms with E-state index in [1.807, 2.05) is 30.4 Å². The number of nitro benzene ring substituents is 1. The Morgan fingerprint density at radius 2 is 1.96 bits per heavy atom. The minimum absolute atomic E-state index is 0.0742. The van der Waals surface area contributed by atoms with Crippen molar-refractivity contribution in [1.29, 1.82) is 0 Å². The van der Waals surface area contributed by atoms with Crippen LogP contribution in [0.4, 0.5) is 5.69 Å². The van der Waals surface area contributed by atoms with Crippen LogP contribution in [0, 0.1) is 10.1 Å². The molecule has 0 bridgehead atoms. The number of nitrogens with zero attached hydrogens (tertiary/aromatic N) is 2. The van der Waals surface area contributed by atoms with Crippen molar-refractivity contribution in [2.75, 3.05) is 7.11 Å². The molecule has 0 aliphatic heterocycles. The molecule has 1 heterocycles. The average Bonchev–Trinajstić information content (AvgIpc) is 2.99. The molecule has 1 aliphatic carbocycles. The number of methoxy groups -OCH3 is 1. The van der Waals surface area contributed by atoms with Gasteiger partial charge in [-0.25, -0.2) is 4.98 Å². The Balaban J connectivity index is 1.71. The maximum absolute atomic E-state index is 10.6. The number of thiazole rings is 1. The molecule has 0 fully saturated rings. The van der Waals surface area contributed by atoms with E-state index >= 15 is 0 Å². The first kappa shape index (κ1) is 17.2. The van der Waals surface area contributed by atoms with Crippen LogP contribution in [0.3, 0.4) is 0 Å². The van der Waals surface area contributed by atoms with Crippen molar-refractivity contribution < 1.29 is 14.8 Å². The molecule has 3 rings (SSSR count). The van der Waals surface area contributed by atoms with Gasteiger partial charge in [0.1, 0.15) is 17.2 Å². The van der Waals surface area contributed by atoms with Crippen LogP contribution in [-0.4, -0.2) is 34.3 Å². The molecule has 0 saturated heterocycles. The highest BCUT2D eigenvalue weighted by atomic mass is 32.1. The zero-order chi connectivity index (χ0) is 17.8. The zero-order valence-electron chi connectivity index (χ0n) is 13.4. The molecule has 0 amide bonds. The van der Waals surface area contributed by atoms with Crippen LogP contribution in [0.2, 0.25) is 0 Å². The Kier molecular flexibility index (Phi) is 5.18. The molecule has 25 heavy (non-hydrogen) atoms. The molecule has 6 nitrogen and oxygen atoms in total. The average molecular weight is 356 g/mol. The number of aromatic nitrogens is 1. The minimum atomic E-state index is -0.682. The number of aliphatic hydroxyl groups is 1. The highest BCUT2D eigenvalue weighted by Crippen LogP contribution is 2.13. The monoisotopic (exact) mass is 356 g/mol. The van der Waals surface area contributed by atoms with Gasteiger partial charge in [0.2, 0.25) is 0 Å². The largest absolute Gasteiger partial charge is 0.386 e. The van der Waals surface area contributed by atoms with Crippen LogP contribution in [0.15, 0.2) is 36.4 Å². The lowest BCUT2D eigenvalue weighted by Crippen LogP contribution is -2.37. The van der Waals surface area contributed by atoms with E-state index < -0.39 is 11.0 Å². The Hall–Kier alpha value is -2.61. The van der Waals surface area contributed by atoms with Gasteiger partial charge in [-0.15, -0.1) is 11.3 Å². The third-order valence-electron chi connectivity index (χ3n) is 3.69. The summed E-state index contributed by atoms with van der Waals surface area (Å²) in [5.74, 6) is 0. The van der Waals surface area contributed by atoms with Crippen LogP contribution >= 0.6 is 11.3 Å². The molecule has 2 aromatic rings. The second-order valence-electron chi connectivity index (χ2n) is 5.39. The van der Waals surface area contributed by atoms with Gasteiger partial charge in [0.15, 0.2) is 0 Å². The summed E-state index contributed by atoms with van der Waals surface area (Å²) < 4.78 is 6.19. The van der Waals surface area contributed by atoms with Crippen molar-refractivity contribution >= 4 is 41.3 Å². The number of nitro groups is 1. The minimum Gasteiger partial charge on any atom is -0.386 e. The summed E-state index contributed by atoms with van der Waals surface area (Å²) in [4.78, 5) is 14.7. The molecule has 1 aromatic carbocycles. The molecular formula is C18H16N2O4S. The number of hydrogen-bond donors (Lipinski definition) is 1. The normalized spacial score (nSPS) is 19.6. The van der Waals surface area contributed by atoms with Crippen molar-refractivity contribution in [2.24, 2.45) is 0 Å². The van der Waals surface area contributed by atoms with Crippen LogP contribution in [0.5, 0.6) is 0 Å². The van der Waals surface area contributed by atoms with Gasteiger partial charge in [-0.3, -0.25) is 10.1 Å². The smallest absolute Gasteiger partial charge is 0.269 e. The van der Waals surface area contributed by atoms with Gasteiger partial charge >= 0.3 is 0 Å². The number of allylic oxidation sites excluding steroid dienone is 2. The van der Waals surface area contributed by atoms with Crippen LogP contribution in [-0.2, 0) is 4.74 Å². The predicted octanol–water partition coefficient (Wildman–Crippen LogP) is 1.73. The van der Waals surface area contributed by atoms with E-state index in [9.17, 15) is 15.2 Å². The molecule has 7 heteroatoms. The van der Waals surface area contributed by atoms with E-state index in [1.54, 1.807) is 25.3 Å². The third kappa shape index (κ3) is 4.08. The van der Waals surface area contributed by atoms with Gasteiger partial charge in [-0.05, 0) is 35.9 Å². The van der Waals surface area contributed by atoms with Gasteiger partial charge in [0, 0.05) is 19.2 Å². The maximum atomic E-state index is 10.6. The van der Waals surface area contributed by atoms with E-state index in [0.717, 1.165) is 20.5 Å². The van der Waals surface area contributed by atoms with Crippen LogP contribution in [0.25, 0.3) is 24.3 Å². The Bertz CT molecular complexity index is 944. The van der Waals surface area contributed by atoms with Crippen LogP contribution in [0.1, 0.15) is 10.6 Å². The van der Waals surface area contributed by atoms with Crippen molar-refractivity contribution in [3.63, 3.8) is 0 Å². The molecule has 0 spiro atoms. The number of rotatable bonds is 5. The number of benzene rings is 1. The summed E-state index contributed by atoms with van der Waals surface area (Å²) >= 11 is 1.52. The summed E-state index contributed by atoms with van der Waals surface area (Å²) in [5, 5.41) is 22.1. The molecule has 0 radical (unpaired) electrons. The first-order valence-corrected chi connectivity index (χ1v) is 8.39. The van der Waals surface area contributed by atoms with Gasteiger partial charge < -0.3 is 9.84 Å². The van der Waals surface area contributed by atoms with E-state index in [1.165, 1.54) is 23.5 Å². The fourth-order valence-electron chi connectivity index (χ4n) is 2.40. The molecule has 1 N–H and O–H groups in total. The lowest BCUT2D eigenvalue weighted by molar-refractivity contribution is -0.384. The number of hydrogen-bond acceptors (Lipinski definition) is 6. The maximum Gasteiger partial charge on any atom is 0.269 e. The molecule has 1 aliphatic rings. The van der Waals surface area contributed by atoms with Gasteiger partial charge in [0.05, 0.1) is 14.8 Å². The summed E-state index contributed by atoms with van der Waals surface area (Å²) in [6, 6.07) is 6.34. The summed E-state index contributed by atoms with van der Waals surface area (Å²) in [6.45, 7) is 0. The van der Waals surface area contributed by atoms with E-state index in [4.69, 9.17) is 4.74 Å². The van der Waals surface area contributed by atoms with Gasteiger partial charge in [-0.1, -0.05) is 18.2 Å². The number of ether oxygens (including phenoxy) is 1. The Labute approximate surface area is 147 Å². The van der Waals surface area contributed by atoms with Crippen molar-refractivity contribution in [2.45, 2.75) is 12.2 Å². The quantitative estimate of drug-likeness (QED) is 0.501. The zero-order valence-corrected chi connectivity index (χ0v) is 14.2. The predicted molar refractivity (Wildman–Crippen MR) is 98.3 cm³/mol. The second kappa shape index (κ2) is 7.52. The molecule has 2 unspecified atom stereocenters. The SMILES string of the molecule is COC1C=c2sc(/C=C/C=C/c3ccc([N+](=O)[O-])cc3)nc2=CC1O. The molecule has 1 aromatic heterocycles. The summed E-state index contributed by atoms with van der Waals surface area (Å²) in [5.41, 5.74) is 0.950. The Morgan fingerprint density at radius 1 is 1.24 bits per heavy atom. The van der Waals surface area contributed by atoms with Crippen LogP contribution < -0.4 is 9.88 Å². The van der Waals surface area contributed by atoms with Crippen molar-refractivity contribution in [3.8, 4) is 0 Å². The first-order valence-electron chi connectivity index (χ1n) is 7.57. The summed E-state index contributed by atoms with van der Waals surface area (Å²) in [7, 11) is 1.56. The molecular weight excluding hydrogens is 340 g/mol. The topological polar surface area (TPSA) is 85.5 Å². The van der Waals surface area contributed by atoms with Crippen molar-refractivity contribution in [3.05, 3.63) is 67.0 Å². The number of fused-ring (bicyclic) bond motifs is 1. The third-order valence-corrected chi connectivity index (χ3v) is 4.69.